The number of rotatable bonds is 6. The molecule has 7 nitrogen and oxygen atoms in total. The van der Waals surface area contributed by atoms with Gasteiger partial charge in [0.2, 0.25) is 0 Å². The van der Waals surface area contributed by atoms with Crippen LogP contribution < -0.4 is 5.32 Å². The number of nitrogens with one attached hydrogen (secondary N) is 1. The second-order valence-corrected chi connectivity index (χ2v) is 3.52. The Balaban J connectivity index is 3.85. The average Bonchev–Trinajstić information content (AvgIpc) is 2.26. The predicted octanol–water partition coefficient (Wildman–Crippen LogP) is -1.16. The number of carboxylic acid groups (broad SMARTS) is 1. The summed E-state index contributed by atoms with van der Waals surface area (Å²) in [7, 11) is 1.52. The van der Waals surface area contributed by atoms with Gasteiger partial charge in [-0.05, 0) is 6.92 Å². The lowest BCUT2D eigenvalue weighted by molar-refractivity contribution is -0.146. The van der Waals surface area contributed by atoms with E-state index in [0.717, 1.165) is 0 Å². The van der Waals surface area contributed by atoms with Crippen LogP contribution in [0.3, 0.4) is 0 Å². The van der Waals surface area contributed by atoms with E-state index in [2.05, 4.69) is 5.32 Å². The van der Waals surface area contributed by atoms with Gasteiger partial charge in [0.15, 0.2) is 6.10 Å². The summed E-state index contributed by atoms with van der Waals surface area (Å²) < 4.78 is 0. The molecule has 0 saturated heterocycles. The highest BCUT2D eigenvalue weighted by Crippen LogP contribution is 1.95. The maximum Gasteiger partial charge on any atom is 0.332 e. The van der Waals surface area contributed by atoms with E-state index in [1.807, 2.05) is 0 Å². The van der Waals surface area contributed by atoms with Crippen molar-refractivity contribution in [2.24, 2.45) is 0 Å². The number of likely N-dealkylation sites (N-methyl/N-ethyl adjacent to an activating group) is 1. The van der Waals surface area contributed by atoms with Crippen molar-refractivity contribution in [1.82, 2.24) is 10.2 Å². The van der Waals surface area contributed by atoms with Gasteiger partial charge in [0, 0.05) is 20.0 Å². The summed E-state index contributed by atoms with van der Waals surface area (Å²) in [5.74, 6) is -1.31. The first-order valence-electron chi connectivity index (χ1n) is 4.92. The molecule has 16 heavy (non-hydrogen) atoms. The summed E-state index contributed by atoms with van der Waals surface area (Å²) in [5, 5.41) is 28.5. The van der Waals surface area contributed by atoms with Crippen LogP contribution in [0.1, 0.15) is 13.3 Å². The van der Waals surface area contributed by atoms with Crippen molar-refractivity contribution in [1.29, 1.82) is 0 Å². The topological polar surface area (TPSA) is 110 Å². The van der Waals surface area contributed by atoms with E-state index in [1.54, 1.807) is 6.92 Å². The van der Waals surface area contributed by atoms with Gasteiger partial charge in [0.1, 0.15) is 0 Å². The Hall–Kier alpha value is -1.34. The molecule has 2 atom stereocenters. The molecule has 0 aromatic rings. The lowest BCUT2D eigenvalue weighted by Gasteiger charge is -2.23. The van der Waals surface area contributed by atoms with E-state index < -0.39 is 18.1 Å². The number of carboxylic acids is 1. The van der Waals surface area contributed by atoms with Gasteiger partial charge in [-0.1, -0.05) is 0 Å². The molecule has 4 N–H and O–H groups in total. The summed E-state index contributed by atoms with van der Waals surface area (Å²) in [6.45, 7) is 1.59. The van der Waals surface area contributed by atoms with Crippen LogP contribution >= 0.6 is 0 Å². The Bertz CT molecular complexity index is 246. The zero-order valence-corrected chi connectivity index (χ0v) is 9.38. The van der Waals surface area contributed by atoms with Gasteiger partial charge in [-0.2, -0.15) is 0 Å². The standard InChI is InChI=1S/C9H18N2O5/c1-6(5-12)11(2)9(16)10-4-3-7(13)8(14)15/h6-7,12-13H,3-5H2,1-2H3,(H,10,16)(H,14,15). The third kappa shape index (κ3) is 4.94. The zero-order chi connectivity index (χ0) is 12.7. The number of aliphatic hydroxyl groups excluding tert-OH is 2. The molecule has 7 heteroatoms. The molecular formula is C9H18N2O5. The Kier molecular flexibility index (Phi) is 6.43. The van der Waals surface area contributed by atoms with E-state index in [4.69, 9.17) is 15.3 Å². The second kappa shape index (κ2) is 7.02. The third-order valence-electron chi connectivity index (χ3n) is 2.22. The summed E-state index contributed by atoms with van der Waals surface area (Å²) >= 11 is 0. The minimum absolute atomic E-state index is 0.0532. The van der Waals surface area contributed by atoms with Crippen LogP contribution in [0.2, 0.25) is 0 Å². The molecule has 0 aromatic carbocycles. The first-order valence-corrected chi connectivity index (χ1v) is 4.92. The molecule has 0 aromatic heterocycles. The van der Waals surface area contributed by atoms with Crippen molar-refractivity contribution < 1.29 is 24.9 Å². The molecule has 0 rings (SSSR count). The number of carbonyl (C=O) groups is 2. The average molecular weight is 234 g/mol. The lowest BCUT2D eigenvalue weighted by Crippen LogP contribution is -2.44. The molecule has 2 amide bonds. The molecule has 0 aliphatic carbocycles. The van der Waals surface area contributed by atoms with Crippen molar-refractivity contribution in [3.05, 3.63) is 0 Å². The first-order chi connectivity index (χ1) is 7.40. The van der Waals surface area contributed by atoms with Crippen LogP contribution in [-0.2, 0) is 4.79 Å². The minimum atomic E-state index is -1.47. The highest BCUT2D eigenvalue weighted by atomic mass is 16.4. The zero-order valence-electron chi connectivity index (χ0n) is 9.38. The maximum absolute atomic E-state index is 11.4. The van der Waals surface area contributed by atoms with Gasteiger partial charge >= 0.3 is 12.0 Å². The summed E-state index contributed by atoms with van der Waals surface area (Å²) in [5.41, 5.74) is 0. The van der Waals surface area contributed by atoms with Crippen LogP contribution in [0.4, 0.5) is 4.79 Å². The Labute approximate surface area is 93.7 Å². The summed E-state index contributed by atoms with van der Waals surface area (Å²) in [6, 6.07) is -0.733. The van der Waals surface area contributed by atoms with Crippen molar-refractivity contribution in [3.63, 3.8) is 0 Å². The van der Waals surface area contributed by atoms with E-state index in [0.29, 0.717) is 0 Å². The molecule has 0 saturated carbocycles. The molecule has 0 bridgehead atoms. The van der Waals surface area contributed by atoms with Gasteiger partial charge in [-0.3, -0.25) is 0 Å². The number of hydrogen-bond acceptors (Lipinski definition) is 4. The normalized spacial score (nSPS) is 14.0. The van der Waals surface area contributed by atoms with Crippen molar-refractivity contribution >= 4 is 12.0 Å². The number of nitrogens with zero attached hydrogens (tertiary/aromatic N) is 1. The van der Waals surface area contributed by atoms with Crippen LogP contribution in [0.5, 0.6) is 0 Å². The molecule has 0 spiro atoms. The SMILES string of the molecule is CC(CO)N(C)C(=O)NCCC(O)C(=O)O. The molecule has 94 valence electrons. The van der Waals surface area contributed by atoms with Gasteiger partial charge in [-0.25, -0.2) is 9.59 Å². The first kappa shape index (κ1) is 14.7. The highest BCUT2D eigenvalue weighted by Gasteiger charge is 2.16. The quantitative estimate of drug-likeness (QED) is 0.463. The molecule has 2 unspecified atom stereocenters. The molecule has 0 fully saturated rings. The number of amides is 2. The number of urea groups is 1. The molecule has 0 radical (unpaired) electrons. The van der Waals surface area contributed by atoms with Crippen molar-refractivity contribution in [3.8, 4) is 0 Å². The number of hydrogen-bond donors (Lipinski definition) is 4. The van der Waals surface area contributed by atoms with Gasteiger partial charge in [0.25, 0.3) is 0 Å². The minimum Gasteiger partial charge on any atom is -0.479 e. The predicted molar refractivity (Wildman–Crippen MR) is 56.0 cm³/mol. The third-order valence-corrected chi connectivity index (χ3v) is 2.22. The number of carbonyl (C=O) groups excluding carboxylic acids is 1. The number of aliphatic carboxylic acids is 1. The van der Waals surface area contributed by atoms with E-state index in [-0.39, 0.29) is 25.6 Å². The van der Waals surface area contributed by atoms with Crippen molar-refractivity contribution in [2.75, 3.05) is 20.2 Å². The van der Waals surface area contributed by atoms with Crippen molar-refractivity contribution in [2.45, 2.75) is 25.5 Å². The van der Waals surface area contributed by atoms with Crippen LogP contribution in [0.15, 0.2) is 0 Å². The molecular weight excluding hydrogens is 216 g/mol. The Morgan fingerprint density at radius 3 is 2.44 bits per heavy atom. The Morgan fingerprint density at radius 2 is 2.00 bits per heavy atom. The highest BCUT2D eigenvalue weighted by molar-refractivity contribution is 5.74. The lowest BCUT2D eigenvalue weighted by atomic mass is 10.2. The van der Waals surface area contributed by atoms with E-state index in [1.165, 1.54) is 11.9 Å². The van der Waals surface area contributed by atoms with Gasteiger partial charge in [-0.15, -0.1) is 0 Å². The monoisotopic (exact) mass is 234 g/mol. The fourth-order valence-corrected chi connectivity index (χ4v) is 0.887. The van der Waals surface area contributed by atoms with Crippen LogP contribution in [0.25, 0.3) is 0 Å². The molecule has 0 aliphatic rings. The summed E-state index contributed by atoms with van der Waals surface area (Å²) in [6.07, 6.45) is -1.52. The van der Waals surface area contributed by atoms with Crippen LogP contribution in [-0.4, -0.2) is 64.6 Å². The largest absolute Gasteiger partial charge is 0.479 e. The summed E-state index contributed by atoms with van der Waals surface area (Å²) in [4.78, 5) is 22.9. The molecule has 0 heterocycles. The van der Waals surface area contributed by atoms with Crippen LogP contribution in [0, 0.1) is 0 Å². The maximum atomic E-state index is 11.4. The van der Waals surface area contributed by atoms with E-state index >= 15 is 0 Å². The molecule has 0 aliphatic heterocycles. The second-order valence-electron chi connectivity index (χ2n) is 3.52. The Morgan fingerprint density at radius 1 is 1.44 bits per heavy atom. The smallest absolute Gasteiger partial charge is 0.332 e. The fraction of sp³-hybridized carbons (Fsp3) is 0.778. The fourth-order valence-electron chi connectivity index (χ4n) is 0.887. The number of aliphatic hydroxyl groups is 2. The van der Waals surface area contributed by atoms with Gasteiger partial charge in [0.05, 0.1) is 12.6 Å². The van der Waals surface area contributed by atoms with Gasteiger partial charge < -0.3 is 25.5 Å². The van der Waals surface area contributed by atoms with E-state index in [9.17, 15) is 9.59 Å².